The number of anilines is 1. The number of ether oxygens (including phenoxy) is 1. The van der Waals surface area contributed by atoms with E-state index in [1.807, 2.05) is 17.7 Å². The zero-order valence-corrected chi connectivity index (χ0v) is 11.5. The summed E-state index contributed by atoms with van der Waals surface area (Å²) in [7, 11) is 1.63. The Bertz CT molecular complexity index is 584. The van der Waals surface area contributed by atoms with Crippen LogP contribution < -0.4 is 5.32 Å². The predicted octanol–water partition coefficient (Wildman–Crippen LogP) is 2.58. The molecule has 0 aliphatic rings. The van der Waals surface area contributed by atoms with E-state index in [1.165, 1.54) is 6.07 Å². The number of methoxy groups -OCH3 is 1. The molecule has 0 fully saturated rings. The first-order valence-corrected chi connectivity index (χ1v) is 6.30. The molecule has 0 saturated heterocycles. The summed E-state index contributed by atoms with van der Waals surface area (Å²) in [4.78, 5) is 4.35. The Morgan fingerprint density at radius 1 is 1.30 bits per heavy atom. The second-order valence-electron chi connectivity index (χ2n) is 4.50. The summed E-state index contributed by atoms with van der Waals surface area (Å²) in [6.45, 7) is 3.50. The van der Waals surface area contributed by atoms with Crippen LogP contribution in [0, 0.1) is 18.6 Å². The van der Waals surface area contributed by atoms with Crippen molar-refractivity contribution in [1.29, 1.82) is 0 Å². The van der Waals surface area contributed by atoms with Crippen LogP contribution in [0.15, 0.2) is 24.4 Å². The second kappa shape index (κ2) is 6.47. The highest BCUT2D eigenvalue weighted by Gasteiger charge is 2.08. The molecule has 0 aliphatic carbocycles. The zero-order valence-electron chi connectivity index (χ0n) is 11.5. The first-order chi connectivity index (χ1) is 9.60. The molecule has 4 nitrogen and oxygen atoms in total. The molecule has 0 saturated carbocycles. The fourth-order valence-corrected chi connectivity index (χ4v) is 1.91. The molecule has 108 valence electrons. The third kappa shape index (κ3) is 3.54. The molecule has 2 rings (SSSR count). The summed E-state index contributed by atoms with van der Waals surface area (Å²) >= 11 is 0. The molecule has 1 aromatic heterocycles. The number of imidazole rings is 1. The number of rotatable bonds is 6. The van der Waals surface area contributed by atoms with Crippen molar-refractivity contribution in [3.8, 4) is 0 Å². The predicted molar refractivity (Wildman–Crippen MR) is 72.8 cm³/mol. The first kappa shape index (κ1) is 14.5. The average Bonchev–Trinajstić information content (AvgIpc) is 2.74. The van der Waals surface area contributed by atoms with E-state index < -0.39 is 11.6 Å². The number of nitrogens with zero attached hydrogens (tertiary/aromatic N) is 2. The SMILES string of the molecule is COCCNc1nc(C)cn1Cc1ccc(F)c(F)c1. The van der Waals surface area contributed by atoms with E-state index in [4.69, 9.17) is 4.74 Å². The van der Waals surface area contributed by atoms with Gasteiger partial charge < -0.3 is 14.6 Å². The Morgan fingerprint density at radius 2 is 2.10 bits per heavy atom. The van der Waals surface area contributed by atoms with Crippen molar-refractivity contribution in [1.82, 2.24) is 9.55 Å². The maximum atomic E-state index is 13.2. The van der Waals surface area contributed by atoms with Gasteiger partial charge in [-0.2, -0.15) is 0 Å². The topological polar surface area (TPSA) is 39.1 Å². The van der Waals surface area contributed by atoms with Crippen LogP contribution in [0.2, 0.25) is 0 Å². The lowest BCUT2D eigenvalue weighted by Gasteiger charge is -2.09. The minimum atomic E-state index is -0.840. The standard InChI is InChI=1S/C14H17F2N3O/c1-10-8-19(14(18-10)17-5-6-20-2)9-11-3-4-12(15)13(16)7-11/h3-4,7-8H,5-6,9H2,1-2H3,(H,17,18). The first-order valence-electron chi connectivity index (χ1n) is 6.30. The molecule has 0 aliphatic heterocycles. The summed E-state index contributed by atoms with van der Waals surface area (Å²) in [6, 6.07) is 3.89. The Balaban J connectivity index is 2.13. The Hall–Kier alpha value is -1.95. The number of aryl methyl sites for hydroxylation is 1. The van der Waals surface area contributed by atoms with Gasteiger partial charge in [-0.25, -0.2) is 13.8 Å². The van der Waals surface area contributed by atoms with Gasteiger partial charge >= 0.3 is 0 Å². The summed E-state index contributed by atoms with van der Waals surface area (Å²) in [5, 5.41) is 3.14. The van der Waals surface area contributed by atoms with E-state index >= 15 is 0 Å². The van der Waals surface area contributed by atoms with E-state index in [0.29, 0.717) is 31.2 Å². The van der Waals surface area contributed by atoms with Crippen molar-refractivity contribution in [3.63, 3.8) is 0 Å². The summed E-state index contributed by atoms with van der Waals surface area (Å²) in [5.41, 5.74) is 1.53. The highest BCUT2D eigenvalue weighted by atomic mass is 19.2. The van der Waals surface area contributed by atoms with Crippen LogP contribution in [-0.4, -0.2) is 29.8 Å². The average molecular weight is 281 g/mol. The molecule has 6 heteroatoms. The molecule has 20 heavy (non-hydrogen) atoms. The van der Waals surface area contributed by atoms with Gasteiger partial charge in [0.25, 0.3) is 0 Å². The minimum absolute atomic E-state index is 0.424. The van der Waals surface area contributed by atoms with Crippen LogP contribution in [0.3, 0.4) is 0 Å². The van der Waals surface area contributed by atoms with E-state index in [0.717, 1.165) is 11.8 Å². The van der Waals surface area contributed by atoms with Gasteiger partial charge in [-0.05, 0) is 24.6 Å². The van der Waals surface area contributed by atoms with Crippen LogP contribution in [0.5, 0.6) is 0 Å². The van der Waals surface area contributed by atoms with Crippen LogP contribution >= 0.6 is 0 Å². The fourth-order valence-electron chi connectivity index (χ4n) is 1.91. The number of hydrogen-bond acceptors (Lipinski definition) is 3. The van der Waals surface area contributed by atoms with Gasteiger partial charge in [-0.3, -0.25) is 0 Å². The Labute approximate surface area is 116 Å². The molecule has 0 bridgehead atoms. The second-order valence-corrected chi connectivity index (χ2v) is 4.50. The third-order valence-corrected chi connectivity index (χ3v) is 2.82. The van der Waals surface area contributed by atoms with Crippen molar-refractivity contribution in [2.75, 3.05) is 25.6 Å². The third-order valence-electron chi connectivity index (χ3n) is 2.82. The van der Waals surface area contributed by atoms with Crippen LogP contribution in [-0.2, 0) is 11.3 Å². The van der Waals surface area contributed by atoms with Gasteiger partial charge in [0.05, 0.1) is 18.8 Å². The maximum Gasteiger partial charge on any atom is 0.203 e. The van der Waals surface area contributed by atoms with E-state index in [2.05, 4.69) is 10.3 Å². The molecule has 0 radical (unpaired) electrons. The highest BCUT2D eigenvalue weighted by Crippen LogP contribution is 2.14. The van der Waals surface area contributed by atoms with E-state index in [1.54, 1.807) is 13.2 Å². The molecular formula is C14H17F2N3O. The number of benzene rings is 1. The summed E-state index contributed by atoms with van der Waals surface area (Å²) in [6.07, 6.45) is 1.86. The van der Waals surface area contributed by atoms with Gasteiger partial charge in [0.15, 0.2) is 11.6 Å². The van der Waals surface area contributed by atoms with Gasteiger partial charge in [0, 0.05) is 19.9 Å². The lowest BCUT2D eigenvalue weighted by Crippen LogP contribution is -2.12. The molecule has 0 unspecified atom stereocenters. The van der Waals surface area contributed by atoms with Crippen molar-refractivity contribution in [2.24, 2.45) is 0 Å². The largest absolute Gasteiger partial charge is 0.383 e. The summed E-state index contributed by atoms with van der Waals surface area (Å²) < 4.78 is 32.9. The van der Waals surface area contributed by atoms with Gasteiger partial charge in [-0.1, -0.05) is 6.07 Å². The number of aromatic nitrogens is 2. The minimum Gasteiger partial charge on any atom is -0.383 e. The Kier molecular flexibility index (Phi) is 4.68. The zero-order chi connectivity index (χ0) is 14.5. The quantitative estimate of drug-likeness (QED) is 0.827. The number of nitrogens with one attached hydrogen (secondary N) is 1. The lowest BCUT2D eigenvalue weighted by molar-refractivity contribution is 0.210. The molecule has 1 N–H and O–H groups in total. The number of hydrogen-bond donors (Lipinski definition) is 1. The normalized spacial score (nSPS) is 10.8. The maximum absolute atomic E-state index is 13.2. The van der Waals surface area contributed by atoms with Gasteiger partial charge in [0.2, 0.25) is 5.95 Å². The molecule has 1 heterocycles. The number of halogens is 2. The summed E-state index contributed by atoms with van der Waals surface area (Å²) in [5.74, 6) is -0.994. The van der Waals surface area contributed by atoms with E-state index in [9.17, 15) is 8.78 Å². The van der Waals surface area contributed by atoms with Crippen LogP contribution in [0.1, 0.15) is 11.3 Å². The van der Waals surface area contributed by atoms with Crippen LogP contribution in [0.4, 0.5) is 14.7 Å². The van der Waals surface area contributed by atoms with Crippen molar-refractivity contribution >= 4 is 5.95 Å². The van der Waals surface area contributed by atoms with Crippen molar-refractivity contribution in [2.45, 2.75) is 13.5 Å². The van der Waals surface area contributed by atoms with E-state index in [-0.39, 0.29) is 0 Å². The van der Waals surface area contributed by atoms with Gasteiger partial charge in [0.1, 0.15) is 0 Å². The van der Waals surface area contributed by atoms with Crippen molar-refractivity contribution < 1.29 is 13.5 Å². The molecule has 2 aromatic rings. The molecule has 1 aromatic carbocycles. The lowest BCUT2D eigenvalue weighted by atomic mass is 10.2. The smallest absolute Gasteiger partial charge is 0.203 e. The molecular weight excluding hydrogens is 264 g/mol. The van der Waals surface area contributed by atoms with Gasteiger partial charge in [-0.15, -0.1) is 0 Å². The van der Waals surface area contributed by atoms with Crippen molar-refractivity contribution in [3.05, 3.63) is 47.3 Å². The monoisotopic (exact) mass is 281 g/mol. The Morgan fingerprint density at radius 3 is 2.80 bits per heavy atom. The fraction of sp³-hybridized carbons (Fsp3) is 0.357. The molecule has 0 spiro atoms. The highest BCUT2D eigenvalue weighted by molar-refractivity contribution is 5.30. The molecule has 0 atom stereocenters. The molecule has 0 amide bonds. The van der Waals surface area contributed by atoms with Crippen LogP contribution in [0.25, 0.3) is 0 Å².